The molecule has 3 heteroatoms. The van der Waals surface area contributed by atoms with Crippen LogP contribution in [0.3, 0.4) is 0 Å². The molecule has 0 aliphatic heterocycles. The molecule has 0 heterocycles. The minimum atomic E-state index is -0.854. The van der Waals surface area contributed by atoms with Gasteiger partial charge in [0.15, 0.2) is 0 Å². The Balaban J connectivity index is 2.66. The molecule has 0 amide bonds. The maximum Gasteiger partial charge on any atom is 0.123 e. The van der Waals surface area contributed by atoms with Gasteiger partial charge in [0.05, 0.1) is 0 Å². The van der Waals surface area contributed by atoms with Gasteiger partial charge in [0.25, 0.3) is 0 Å². The molecule has 0 fully saturated rings. The van der Waals surface area contributed by atoms with E-state index in [4.69, 9.17) is 4.74 Å². The zero-order valence-electron chi connectivity index (χ0n) is 13.5. The van der Waals surface area contributed by atoms with Crippen LogP contribution in [-0.4, -0.2) is 30.4 Å². The van der Waals surface area contributed by atoms with E-state index in [0.717, 1.165) is 18.7 Å². The fraction of sp³-hybridized carbons (Fsp3) is 0.647. The van der Waals surface area contributed by atoms with Crippen molar-refractivity contribution in [3.63, 3.8) is 0 Å². The summed E-state index contributed by atoms with van der Waals surface area (Å²) in [6, 6.07) is 6.26. The van der Waals surface area contributed by atoms with Gasteiger partial charge in [-0.15, -0.1) is 0 Å². The molecule has 1 aromatic rings. The molecule has 0 bridgehead atoms. The van der Waals surface area contributed by atoms with E-state index >= 15 is 0 Å². The first-order valence-electron chi connectivity index (χ1n) is 7.52. The Kier molecular flexibility index (Phi) is 6.50. The molecule has 3 nitrogen and oxygen atoms in total. The molecule has 114 valence electrons. The predicted molar refractivity (Wildman–Crippen MR) is 84.5 cm³/mol. The standard InChI is InChI=1S/C17H29NO2/c1-6-9-18-11-17(5,19)12-20-16-10-14(4)7-8-15(16)13(2)3/h7-8,10,13,18-19H,6,9,11-12H2,1-5H3. The van der Waals surface area contributed by atoms with Crippen LogP contribution in [0.4, 0.5) is 0 Å². The number of aryl methyl sites for hydroxylation is 1. The average molecular weight is 279 g/mol. The molecular formula is C17H29NO2. The van der Waals surface area contributed by atoms with Crippen LogP contribution in [-0.2, 0) is 0 Å². The van der Waals surface area contributed by atoms with Crippen molar-refractivity contribution in [1.82, 2.24) is 5.32 Å². The number of aliphatic hydroxyl groups is 1. The molecule has 1 aromatic carbocycles. The van der Waals surface area contributed by atoms with Gasteiger partial charge in [-0.25, -0.2) is 0 Å². The molecule has 20 heavy (non-hydrogen) atoms. The van der Waals surface area contributed by atoms with Gasteiger partial charge in [-0.05, 0) is 49.9 Å². The Morgan fingerprint density at radius 2 is 2.05 bits per heavy atom. The Labute approximate surface area is 123 Å². The van der Waals surface area contributed by atoms with Crippen LogP contribution in [0.25, 0.3) is 0 Å². The highest BCUT2D eigenvalue weighted by Crippen LogP contribution is 2.28. The topological polar surface area (TPSA) is 41.5 Å². The summed E-state index contributed by atoms with van der Waals surface area (Å²) in [7, 11) is 0. The molecule has 1 atom stereocenters. The van der Waals surface area contributed by atoms with E-state index in [2.05, 4.69) is 45.1 Å². The molecule has 0 spiro atoms. The Morgan fingerprint density at radius 3 is 2.65 bits per heavy atom. The summed E-state index contributed by atoms with van der Waals surface area (Å²) >= 11 is 0. The van der Waals surface area contributed by atoms with Crippen LogP contribution in [0.5, 0.6) is 5.75 Å². The first-order valence-corrected chi connectivity index (χ1v) is 7.52. The zero-order chi connectivity index (χ0) is 15.2. The fourth-order valence-corrected chi connectivity index (χ4v) is 2.06. The van der Waals surface area contributed by atoms with Crippen molar-refractivity contribution in [2.75, 3.05) is 19.7 Å². The highest BCUT2D eigenvalue weighted by atomic mass is 16.5. The van der Waals surface area contributed by atoms with Gasteiger partial charge in [-0.3, -0.25) is 0 Å². The molecule has 0 aliphatic rings. The summed E-state index contributed by atoms with van der Waals surface area (Å²) in [5, 5.41) is 13.5. The highest BCUT2D eigenvalue weighted by Gasteiger charge is 2.21. The van der Waals surface area contributed by atoms with Crippen LogP contribution >= 0.6 is 0 Å². The summed E-state index contributed by atoms with van der Waals surface area (Å²) in [5.74, 6) is 1.30. The minimum Gasteiger partial charge on any atom is -0.490 e. The van der Waals surface area contributed by atoms with Crippen molar-refractivity contribution in [3.8, 4) is 5.75 Å². The van der Waals surface area contributed by atoms with Crippen molar-refractivity contribution < 1.29 is 9.84 Å². The number of hydrogen-bond donors (Lipinski definition) is 2. The quantitative estimate of drug-likeness (QED) is 0.718. The largest absolute Gasteiger partial charge is 0.490 e. The van der Waals surface area contributed by atoms with Crippen molar-refractivity contribution >= 4 is 0 Å². The molecule has 1 unspecified atom stereocenters. The van der Waals surface area contributed by atoms with E-state index in [0.29, 0.717) is 19.1 Å². The third-order valence-electron chi connectivity index (χ3n) is 3.26. The lowest BCUT2D eigenvalue weighted by Crippen LogP contribution is -2.43. The lowest BCUT2D eigenvalue weighted by atomic mass is 10.0. The number of nitrogens with one attached hydrogen (secondary N) is 1. The summed E-state index contributed by atoms with van der Waals surface area (Å²) < 4.78 is 5.88. The maximum absolute atomic E-state index is 10.3. The van der Waals surface area contributed by atoms with Crippen LogP contribution < -0.4 is 10.1 Å². The van der Waals surface area contributed by atoms with Crippen molar-refractivity contribution in [2.45, 2.75) is 52.6 Å². The van der Waals surface area contributed by atoms with E-state index in [1.165, 1.54) is 11.1 Å². The van der Waals surface area contributed by atoms with Crippen LogP contribution in [0.15, 0.2) is 18.2 Å². The highest BCUT2D eigenvalue weighted by molar-refractivity contribution is 5.39. The third kappa shape index (κ3) is 5.51. The summed E-state index contributed by atoms with van der Waals surface area (Å²) in [4.78, 5) is 0. The Morgan fingerprint density at radius 1 is 1.35 bits per heavy atom. The zero-order valence-corrected chi connectivity index (χ0v) is 13.5. The normalized spacial score (nSPS) is 14.3. The van der Waals surface area contributed by atoms with E-state index in [1.54, 1.807) is 6.92 Å². The second-order valence-electron chi connectivity index (χ2n) is 6.16. The predicted octanol–water partition coefficient (Wildman–Crippen LogP) is 3.25. The Bertz CT molecular complexity index is 413. The van der Waals surface area contributed by atoms with Gasteiger partial charge in [0.2, 0.25) is 0 Å². The van der Waals surface area contributed by atoms with Crippen LogP contribution in [0.1, 0.15) is 51.2 Å². The van der Waals surface area contributed by atoms with Gasteiger partial charge in [0, 0.05) is 6.54 Å². The van der Waals surface area contributed by atoms with E-state index in [1.807, 2.05) is 6.07 Å². The third-order valence-corrected chi connectivity index (χ3v) is 3.26. The van der Waals surface area contributed by atoms with E-state index < -0.39 is 5.60 Å². The number of rotatable bonds is 8. The first kappa shape index (κ1) is 17.0. The molecule has 2 N–H and O–H groups in total. The molecular weight excluding hydrogens is 250 g/mol. The van der Waals surface area contributed by atoms with Crippen LogP contribution in [0, 0.1) is 6.92 Å². The first-order chi connectivity index (χ1) is 9.35. The molecule has 0 saturated carbocycles. The van der Waals surface area contributed by atoms with Crippen LogP contribution in [0.2, 0.25) is 0 Å². The van der Waals surface area contributed by atoms with Crippen molar-refractivity contribution in [3.05, 3.63) is 29.3 Å². The smallest absolute Gasteiger partial charge is 0.123 e. The maximum atomic E-state index is 10.3. The van der Waals surface area contributed by atoms with Gasteiger partial charge < -0.3 is 15.2 Å². The molecule has 0 radical (unpaired) electrons. The van der Waals surface area contributed by atoms with E-state index in [-0.39, 0.29) is 0 Å². The summed E-state index contributed by atoms with van der Waals surface area (Å²) in [6.45, 7) is 12.0. The van der Waals surface area contributed by atoms with E-state index in [9.17, 15) is 5.11 Å². The van der Waals surface area contributed by atoms with Gasteiger partial charge in [0.1, 0.15) is 18.0 Å². The average Bonchev–Trinajstić information content (AvgIpc) is 2.36. The molecule has 0 saturated heterocycles. The molecule has 0 aliphatic carbocycles. The SMILES string of the molecule is CCCNCC(C)(O)COc1cc(C)ccc1C(C)C. The minimum absolute atomic E-state index is 0.298. The lowest BCUT2D eigenvalue weighted by Gasteiger charge is -2.25. The number of hydrogen-bond acceptors (Lipinski definition) is 3. The van der Waals surface area contributed by atoms with Gasteiger partial charge >= 0.3 is 0 Å². The summed E-state index contributed by atoms with van der Waals surface area (Å²) in [5.41, 5.74) is 1.51. The Hall–Kier alpha value is -1.06. The van der Waals surface area contributed by atoms with Crippen molar-refractivity contribution in [2.24, 2.45) is 0 Å². The number of ether oxygens (including phenoxy) is 1. The number of benzene rings is 1. The fourth-order valence-electron chi connectivity index (χ4n) is 2.06. The summed E-state index contributed by atoms with van der Waals surface area (Å²) in [6.07, 6.45) is 1.06. The lowest BCUT2D eigenvalue weighted by molar-refractivity contribution is 0.0121. The van der Waals surface area contributed by atoms with Gasteiger partial charge in [-0.2, -0.15) is 0 Å². The van der Waals surface area contributed by atoms with Gasteiger partial charge in [-0.1, -0.05) is 32.9 Å². The van der Waals surface area contributed by atoms with Crippen molar-refractivity contribution in [1.29, 1.82) is 0 Å². The second-order valence-corrected chi connectivity index (χ2v) is 6.16. The monoisotopic (exact) mass is 279 g/mol. The second kappa shape index (κ2) is 7.65. The molecule has 0 aromatic heterocycles. The molecule has 1 rings (SSSR count).